The predicted molar refractivity (Wildman–Crippen MR) is 132 cm³/mol. The van der Waals surface area contributed by atoms with Crippen LogP contribution in [0.25, 0.3) is 16.6 Å². The van der Waals surface area contributed by atoms with Crippen molar-refractivity contribution in [3.63, 3.8) is 0 Å². The largest absolute Gasteiger partial charge is 0.364 e. The summed E-state index contributed by atoms with van der Waals surface area (Å²) in [6.45, 7) is 1.58. The molecule has 6 nitrogen and oxygen atoms in total. The van der Waals surface area contributed by atoms with Crippen molar-refractivity contribution in [1.82, 2.24) is 9.78 Å². The smallest absolute Gasteiger partial charge is 0.324 e. The van der Waals surface area contributed by atoms with Crippen LogP contribution in [0.2, 0.25) is 4.34 Å². The maximum Gasteiger partial charge on any atom is 0.324 e. The van der Waals surface area contributed by atoms with Crippen LogP contribution in [-0.2, 0) is 9.59 Å². The highest BCUT2D eigenvalue weighted by atomic mass is 35.5. The summed E-state index contributed by atoms with van der Waals surface area (Å²) in [5.74, 6) is -7.88. The van der Waals surface area contributed by atoms with Crippen molar-refractivity contribution >= 4 is 51.3 Å². The molecule has 0 bridgehead atoms. The summed E-state index contributed by atoms with van der Waals surface area (Å²) in [5, 5.41) is 5.09. The van der Waals surface area contributed by atoms with E-state index in [4.69, 9.17) is 17.3 Å². The van der Waals surface area contributed by atoms with E-state index in [9.17, 15) is 22.8 Å². The molecular formula is C25H20ClF3N4O2S. The first-order valence-electron chi connectivity index (χ1n) is 11.1. The molecule has 186 valence electrons. The maximum atomic E-state index is 14.5. The average molecular weight is 533 g/mol. The van der Waals surface area contributed by atoms with Gasteiger partial charge in [0.15, 0.2) is 0 Å². The van der Waals surface area contributed by atoms with Crippen molar-refractivity contribution in [3.8, 4) is 5.69 Å². The summed E-state index contributed by atoms with van der Waals surface area (Å²) in [6.07, 6.45) is 0.749. The Bertz CT molecular complexity index is 1470. The molecule has 4 aromatic rings. The Morgan fingerprint density at radius 1 is 1.14 bits per heavy atom. The molecule has 0 spiro atoms. The lowest BCUT2D eigenvalue weighted by molar-refractivity contribution is -0.145. The van der Waals surface area contributed by atoms with Crippen molar-refractivity contribution in [2.75, 3.05) is 4.90 Å². The number of nitrogens with zero attached hydrogens (tertiary/aromatic N) is 3. The van der Waals surface area contributed by atoms with Crippen molar-refractivity contribution in [2.24, 2.45) is 17.6 Å². The van der Waals surface area contributed by atoms with Crippen LogP contribution in [0.3, 0.4) is 0 Å². The predicted octanol–water partition coefficient (Wildman–Crippen LogP) is 5.73. The molecule has 0 aliphatic carbocycles. The second-order valence-electron chi connectivity index (χ2n) is 8.80. The zero-order chi connectivity index (χ0) is 25.8. The summed E-state index contributed by atoms with van der Waals surface area (Å²) < 4.78 is 44.4. The number of amides is 2. The van der Waals surface area contributed by atoms with Crippen LogP contribution in [0.15, 0.2) is 60.8 Å². The number of hydrogen-bond acceptors (Lipinski definition) is 4. The number of nitrogens with two attached hydrogens (primary N) is 1. The van der Waals surface area contributed by atoms with Crippen LogP contribution in [0, 0.1) is 17.7 Å². The maximum absolute atomic E-state index is 14.5. The van der Waals surface area contributed by atoms with Gasteiger partial charge in [-0.3, -0.25) is 9.59 Å². The van der Waals surface area contributed by atoms with E-state index in [0.717, 1.165) is 5.52 Å². The Kier molecular flexibility index (Phi) is 6.04. The molecule has 2 aromatic heterocycles. The minimum absolute atomic E-state index is 0.347. The number of thiophene rings is 1. The Morgan fingerprint density at radius 3 is 2.47 bits per heavy atom. The molecule has 2 amide bonds. The normalized spacial score (nSPS) is 20.4. The molecule has 5 rings (SSSR count). The third-order valence-corrected chi connectivity index (χ3v) is 7.89. The van der Waals surface area contributed by atoms with Crippen LogP contribution in [-0.4, -0.2) is 27.5 Å². The van der Waals surface area contributed by atoms with Crippen LogP contribution < -0.4 is 10.6 Å². The molecule has 3 heterocycles. The lowest BCUT2D eigenvalue weighted by Crippen LogP contribution is -2.39. The first kappa shape index (κ1) is 24.3. The van der Waals surface area contributed by atoms with E-state index in [1.165, 1.54) is 28.4 Å². The molecule has 1 fully saturated rings. The van der Waals surface area contributed by atoms with Gasteiger partial charge < -0.3 is 10.6 Å². The number of carbonyl (C=O) groups excluding carboxylic acids is 2. The van der Waals surface area contributed by atoms with Gasteiger partial charge in [-0.15, -0.1) is 11.3 Å². The molecule has 11 heteroatoms. The second kappa shape index (κ2) is 8.94. The van der Waals surface area contributed by atoms with Gasteiger partial charge in [-0.1, -0.05) is 18.5 Å². The molecule has 3 atom stereocenters. The third-order valence-electron chi connectivity index (χ3n) is 6.59. The van der Waals surface area contributed by atoms with E-state index in [0.29, 0.717) is 26.0 Å². The van der Waals surface area contributed by atoms with Crippen molar-refractivity contribution in [1.29, 1.82) is 0 Å². The highest BCUT2D eigenvalue weighted by Gasteiger charge is 2.52. The molecule has 1 aliphatic heterocycles. The fourth-order valence-electron chi connectivity index (χ4n) is 4.76. The lowest BCUT2D eigenvalue weighted by Gasteiger charge is -2.29. The number of primary amides is 1. The van der Waals surface area contributed by atoms with Crippen molar-refractivity contribution < 1.29 is 22.8 Å². The van der Waals surface area contributed by atoms with E-state index >= 15 is 0 Å². The quantitative estimate of drug-likeness (QED) is 0.344. The van der Waals surface area contributed by atoms with Gasteiger partial charge in [0.05, 0.1) is 27.8 Å². The van der Waals surface area contributed by atoms with E-state index in [1.54, 1.807) is 60.3 Å². The van der Waals surface area contributed by atoms with Crippen LogP contribution in [0.5, 0.6) is 0 Å². The highest BCUT2D eigenvalue weighted by Crippen LogP contribution is 2.50. The monoisotopic (exact) mass is 532 g/mol. The highest BCUT2D eigenvalue weighted by molar-refractivity contribution is 7.16. The average Bonchev–Trinajstić information content (AvgIpc) is 3.51. The molecule has 0 radical (unpaired) electrons. The number of aromatic nitrogens is 2. The fraction of sp³-hybridized carbons (Fsp3) is 0.240. The van der Waals surface area contributed by atoms with Gasteiger partial charge >= 0.3 is 5.92 Å². The van der Waals surface area contributed by atoms with Crippen LogP contribution >= 0.6 is 22.9 Å². The van der Waals surface area contributed by atoms with Gasteiger partial charge in [0.1, 0.15) is 5.82 Å². The summed E-state index contributed by atoms with van der Waals surface area (Å²) in [7, 11) is 0. The van der Waals surface area contributed by atoms with E-state index < -0.39 is 36.1 Å². The molecule has 3 unspecified atom stereocenters. The van der Waals surface area contributed by atoms with Gasteiger partial charge in [-0.2, -0.15) is 13.9 Å². The van der Waals surface area contributed by atoms with Crippen molar-refractivity contribution in [3.05, 3.63) is 75.8 Å². The Morgan fingerprint density at radius 2 is 1.83 bits per heavy atom. The van der Waals surface area contributed by atoms with Crippen LogP contribution in [0.4, 0.5) is 18.9 Å². The van der Waals surface area contributed by atoms with Gasteiger partial charge in [0.2, 0.25) is 5.91 Å². The Balaban J connectivity index is 1.58. The first-order valence-corrected chi connectivity index (χ1v) is 12.3. The van der Waals surface area contributed by atoms with Gasteiger partial charge in [0.25, 0.3) is 5.91 Å². The summed E-state index contributed by atoms with van der Waals surface area (Å²) >= 11 is 7.34. The van der Waals surface area contributed by atoms with Crippen molar-refractivity contribution in [2.45, 2.75) is 25.3 Å². The number of halogens is 4. The SMILES string of the molecule is CC1C(=O)N(c2ccc3c(cnn3-c3ccc(F)cc3)c2)C(c2ccc(Cl)s2)C1CC(F)(F)C(N)=O. The number of hydrogen-bond donors (Lipinski definition) is 1. The molecule has 1 saturated heterocycles. The van der Waals surface area contributed by atoms with Gasteiger partial charge in [-0.05, 0) is 54.6 Å². The lowest BCUT2D eigenvalue weighted by atomic mass is 9.85. The Hall–Kier alpha value is -3.37. The first-order chi connectivity index (χ1) is 17.1. The van der Waals surface area contributed by atoms with Gasteiger partial charge in [-0.25, -0.2) is 9.07 Å². The Labute approximate surface area is 213 Å². The van der Waals surface area contributed by atoms with E-state index in [1.807, 2.05) is 0 Å². The fourth-order valence-corrected chi connectivity index (χ4v) is 5.99. The number of carbonyl (C=O) groups is 2. The zero-order valence-electron chi connectivity index (χ0n) is 18.9. The molecule has 1 aliphatic rings. The number of fused-ring (bicyclic) bond motifs is 1. The number of anilines is 1. The number of rotatable bonds is 6. The minimum Gasteiger partial charge on any atom is -0.364 e. The molecule has 2 aromatic carbocycles. The third kappa shape index (κ3) is 4.14. The topological polar surface area (TPSA) is 81.2 Å². The molecular weight excluding hydrogens is 513 g/mol. The second-order valence-corrected chi connectivity index (χ2v) is 10.5. The summed E-state index contributed by atoms with van der Waals surface area (Å²) in [6, 6.07) is 13.7. The standard InChI is InChI=1S/C25H20ClF3N4O2S/c1-13-18(11-25(28,29)24(30)35)22(20-8-9-21(26)36-20)32(23(13)34)17-6-7-19-14(10-17)12-31-33(19)16-4-2-15(27)3-5-16/h2-10,12-13,18,22H,11H2,1H3,(H2,30,35). The van der Waals surface area contributed by atoms with Crippen LogP contribution in [0.1, 0.15) is 24.3 Å². The number of alkyl halides is 2. The molecule has 36 heavy (non-hydrogen) atoms. The number of benzene rings is 2. The molecule has 0 saturated carbocycles. The summed E-state index contributed by atoms with van der Waals surface area (Å²) in [4.78, 5) is 27.0. The zero-order valence-corrected chi connectivity index (χ0v) is 20.4. The summed E-state index contributed by atoms with van der Waals surface area (Å²) in [5.41, 5.74) is 6.82. The minimum atomic E-state index is -3.77. The van der Waals surface area contributed by atoms with E-state index in [2.05, 4.69) is 5.10 Å². The van der Waals surface area contributed by atoms with Gasteiger partial charge in [0, 0.05) is 34.2 Å². The van der Waals surface area contributed by atoms with E-state index in [-0.39, 0.29) is 11.7 Å². The molecule has 2 N–H and O–H groups in total.